The maximum Gasteiger partial charge on any atom is 0.0541 e. The fourth-order valence-corrected chi connectivity index (χ4v) is 9.37. The second-order valence-corrected chi connectivity index (χ2v) is 15.3. The minimum absolute atomic E-state index is 1.12. The molecule has 11 aromatic rings. The van der Waals surface area contributed by atoms with E-state index >= 15 is 0 Å². The standard InChI is InChI=1S/C52H34N2S/c1-3-11-35(12-4-1)39-22-28-49-46(32-39)47-33-40(23-29-50(47)54(49)41-15-5-2-6-16-41)37-19-24-42(25-20-37)53(43-26-21-36-13-7-8-14-38(36)31-43)44-27-30-52-48(34-44)45-17-9-10-18-51(45)55-52/h1-34H. The molecule has 258 valence electrons. The molecule has 0 amide bonds. The van der Waals surface area contributed by atoms with Gasteiger partial charge in [-0.3, -0.25) is 0 Å². The third-order valence-corrected chi connectivity index (χ3v) is 12.1. The van der Waals surface area contributed by atoms with Gasteiger partial charge in [-0.25, -0.2) is 0 Å². The minimum atomic E-state index is 1.12. The molecule has 0 atom stereocenters. The highest BCUT2D eigenvalue weighted by Gasteiger charge is 2.18. The first-order valence-corrected chi connectivity index (χ1v) is 19.6. The molecule has 11 rings (SSSR count). The van der Waals surface area contributed by atoms with Crippen LogP contribution in [0.25, 0.3) is 80.7 Å². The predicted molar refractivity (Wildman–Crippen MR) is 237 cm³/mol. The third-order valence-electron chi connectivity index (χ3n) is 11.0. The van der Waals surface area contributed by atoms with Crippen LogP contribution in [-0.2, 0) is 0 Å². The first-order chi connectivity index (χ1) is 27.2. The molecule has 0 saturated carbocycles. The Morgan fingerprint density at radius 2 is 0.873 bits per heavy atom. The number of hydrogen-bond acceptors (Lipinski definition) is 2. The minimum Gasteiger partial charge on any atom is -0.310 e. The molecule has 3 heteroatoms. The number of rotatable bonds is 6. The molecule has 0 fully saturated rings. The average molecular weight is 719 g/mol. The number of anilines is 3. The lowest BCUT2D eigenvalue weighted by Gasteiger charge is -2.26. The average Bonchev–Trinajstić information content (AvgIpc) is 3.79. The van der Waals surface area contributed by atoms with Gasteiger partial charge in [0.05, 0.1) is 11.0 Å². The van der Waals surface area contributed by atoms with E-state index in [0.29, 0.717) is 0 Å². The van der Waals surface area contributed by atoms with Crippen LogP contribution < -0.4 is 4.90 Å². The zero-order chi connectivity index (χ0) is 36.3. The fraction of sp³-hybridized carbons (Fsp3) is 0. The maximum absolute atomic E-state index is 2.39. The van der Waals surface area contributed by atoms with Gasteiger partial charge in [-0.1, -0.05) is 121 Å². The van der Waals surface area contributed by atoms with E-state index in [2.05, 4.69) is 216 Å². The van der Waals surface area contributed by atoms with Gasteiger partial charge in [-0.2, -0.15) is 0 Å². The van der Waals surface area contributed by atoms with Crippen molar-refractivity contribution in [3.8, 4) is 27.9 Å². The summed E-state index contributed by atoms with van der Waals surface area (Å²) in [7, 11) is 0. The molecule has 55 heavy (non-hydrogen) atoms. The van der Waals surface area contributed by atoms with Crippen LogP contribution in [0.2, 0.25) is 0 Å². The van der Waals surface area contributed by atoms with Gasteiger partial charge in [-0.05, 0) is 118 Å². The molecule has 0 N–H and O–H groups in total. The maximum atomic E-state index is 2.39. The molecule has 0 bridgehead atoms. The third kappa shape index (κ3) is 5.40. The van der Waals surface area contributed by atoms with Crippen molar-refractivity contribution in [3.63, 3.8) is 0 Å². The van der Waals surface area contributed by atoms with Crippen molar-refractivity contribution in [1.29, 1.82) is 0 Å². The Labute approximate surface area is 323 Å². The van der Waals surface area contributed by atoms with Crippen LogP contribution in [-0.4, -0.2) is 4.57 Å². The van der Waals surface area contributed by atoms with Crippen molar-refractivity contribution in [3.05, 3.63) is 206 Å². The second-order valence-electron chi connectivity index (χ2n) is 14.2. The van der Waals surface area contributed by atoms with E-state index in [1.165, 1.54) is 75.0 Å². The molecular formula is C52H34N2S. The number of fused-ring (bicyclic) bond motifs is 7. The van der Waals surface area contributed by atoms with E-state index in [1.54, 1.807) is 0 Å². The smallest absolute Gasteiger partial charge is 0.0541 e. The number of benzene rings is 9. The molecular weight excluding hydrogens is 685 g/mol. The van der Waals surface area contributed by atoms with Gasteiger partial charge < -0.3 is 9.47 Å². The van der Waals surface area contributed by atoms with Crippen LogP contribution in [0.5, 0.6) is 0 Å². The van der Waals surface area contributed by atoms with Crippen LogP contribution in [0, 0.1) is 0 Å². The highest BCUT2D eigenvalue weighted by Crippen LogP contribution is 2.42. The Morgan fingerprint density at radius 1 is 0.327 bits per heavy atom. The Hall–Kier alpha value is -6.94. The van der Waals surface area contributed by atoms with Crippen molar-refractivity contribution in [2.45, 2.75) is 0 Å². The number of aromatic nitrogens is 1. The summed E-state index contributed by atoms with van der Waals surface area (Å²) >= 11 is 1.86. The van der Waals surface area contributed by atoms with Crippen molar-refractivity contribution < 1.29 is 0 Å². The molecule has 2 aromatic heterocycles. The largest absolute Gasteiger partial charge is 0.310 e. The van der Waals surface area contributed by atoms with E-state index in [0.717, 1.165) is 22.7 Å². The van der Waals surface area contributed by atoms with E-state index < -0.39 is 0 Å². The van der Waals surface area contributed by atoms with Gasteiger partial charge in [0, 0.05) is 53.7 Å². The Kier molecular flexibility index (Phi) is 7.39. The van der Waals surface area contributed by atoms with Crippen LogP contribution in [0.4, 0.5) is 17.1 Å². The summed E-state index contributed by atoms with van der Waals surface area (Å²) in [5.74, 6) is 0. The van der Waals surface area contributed by atoms with Crippen molar-refractivity contribution in [2.24, 2.45) is 0 Å². The van der Waals surface area contributed by atoms with Gasteiger partial charge in [-0.15, -0.1) is 11.3 Å². The second kappa shape index (κ2) is 12.9. The summed E-state index contributed by atoms with van der Waals surface area (Å²) in [4.78, 5) is 2.39. The molecule has 0 unspecified atom stereocenters. The molecule has 2 nitrogen and oxygen atoms in total. The number of thiophene rings is 1. The predicted octanol–water partition coefficient (Wildman–Crippen LogP) is 15.1. The quantitative estimate of drug-likeness (QED) is 0.166. The van der Waals surface area contributed by atoms with E-state index in [-0.39, 0.29) is 0 Å². The Bertz CT molecular complexity index is 3190. The molecule has 0 radical (unpaired) electrons. The van der Waals surface area contributed by atoms with Crippen molar-refractivity contribution >= 4 is 81.1 Å². The summed E-state index contributed by atoms with van der Waals surface area (Å²) in [5.41, 5.74) is 11.8. The van der Waals surface area contributed by atoms with Crippen LogP contribution in [0.1, 0.15) is 0 Å². The highest BCUT2D eigenvalue weighted by atomic mass is 32.1. The van der Waals surface area contributed by atoms with Gasteiger partial charge in [0.15, 0.2) is 0 Å². The summed E-state index contributed by atoms with van der Waals surface area (Å²) in [6.07, 6.45) is 0. The van der Waals surface area contributed by atoms with Crippen LogP contribution in [0.15, 0.2) is 206 Å². The summed E-state index contributed by atoms with van der Waals surface area (Å²) in [6.45, 7) is 0. The lowest BCUT2D eigenvalue weighted by molar-refractivity contribution is 1.18. The molecule has 9 aromatic carbocycles. The van der Waals surface area contributed by atoms with Crippen molar-refractivity contribution in [2.75, 3.05) is 4.90 Å². The normalized spacial score (nSPS) is 11.6. The van der Waals surface area contributed by atoms with Gasteiger partial charge in [0.25, 0.3) is 0 Å². The monoisotopic (exact) mass is 718 g/mol. The van der Waals surface area contributed by atoms with Gasteiger partial charge >= 0.3 is 0 Å². The summed E-state index contributed by atoms with van der Waals surface area (Å²) in [6, 6.07) is 75.3. The summed E-state index contributed by atoms with van der Waals surface area (Å²) in [5, 5.41) is 7.55. The lowest BCUT2D eigenvalue weighted by atomic mass is 10.00. The molecule has 2 heterocycles. The van der Waals surface area contributed by atoms with Crippen LogP contribution >= 0.6 is 11.3 Å². The van der Waals surface area contributed by atoms with Crippen LogP contribution in [0.3, 0.4) is 0 Å². The van der Waals surface area contributed by atoms with E-state index in [1.807, 2.05) is 11.3 Å². The first-order valence-electron chi connectivity index (χ1n) is 18.7. The molecule has 0 saturated heterocycles. The molecule has 0 aliphatic rings. The molecule has 0 aliphatic heterocycles. The van der Waals surface area contributed by atoms with Crippen molar-refractivity contribution in [1.82, 2.24) is 4.57 Å². The molecule has 0 spiro atoms. The Balaban J connectivity index is 1.05. The SMILES string of the molecule is c1ccc(-c2ccc3c(c2)c2cc(-c4ccc(N(c5ccc6ccccc6c5)c5ccc6sc7ccccc7c6c5)cc4)ccc2n3-c2ccccc2)cc1. The van der Waals surface area contributed by atoms with Gasteiger partial charge in [0.1, 0.15) is 0 Å². The van der Waals surface area contributed by atoms with Gasteiger partial charge in [0.2, 0.25) is 0 Å². The zero-order valence-electron chi connectivity index (χ0n) is 29.9. The number of nitrogens with zero attached hydrogens (tertiary/aromatic N) is 2. The first kappa shape index (κ1) is 31.6. The fourth-order valence-electron chi connectivity index (χ4n) is 8.29. The number of hydrogen-bond donors (Lipinski definition) is 0. The van der Waals surface area contributed by atoms with E-state index in [9.17, 15) is 0 Å². The zero-order valence-corrected chi connectivity index (χ0v) is 30.7. The van der Waals surface area contributed by atoms with E-state index in [4.69, 9.17) is 0 Å². The number of para-hydroxylation sites is 1. The topological polar surface area (TPSA) is 8.17 Å². The summed E-state index contributed by atoms with van der Waals surface area (Å²) < 4.78 is 5.01. The molecule has 0 aliphatic carbocycles. The highest BCUT2D eigenvalue weighted by molar-refractivity contribution is 7.25. The lowest BCUT2D eigenvalue weighted by Crippen LogP contribution is -2.09. The Morgan fingerprint density at radius 3 is 1.62 bits per heavy atom.